The summed E-state index contributed by atoms with van der Waals surface area (Å²) in [5, 5.41) is 15.9. The molecule has 0 aliphatic carbocycles. The standard InChI is InChI=1S/C12H13N3O2S/c1-8-11(18-15-14-8)12(17)13-10(7-16)9-5-3-2-4-6-9/h2-6,10,16H,7H2,1H3,(H,13,17)/t10-/m0/s1. The van der Waals surface area contributed by atoms with Crippen LogP contribution in [0.1, 0.15) is 27.0 Å². The normalized spacial score (nSPS) is 12.1. The number of aliphatic hydroxyl groups is 1. The topological polar surface area (TPSA) is 75.1 Å². The van der Waals surface area contributed by atoms with E-state index in [-0.39, 0.29) is 12.5 Å². The Morgan fingerprint density at radius 2 is 2.17 bits per heavy atom. The molecule has 0 aliphatic rings. The van der Waals surface area contributed by atoms with Crippen LogP contribution in [0.2, 0.25) is 0 Å². The molecule has 5 nitrogen and oxygen atoms in total. The first kappa shape index (κ1) is 12.7. The molecule has 0 saturated carbocycles. The van der Waals surface area contributed by atoms with Gasteiger partial charge < -0.3 is 10.4 Å². The average molecular weight is 263 g/mol. The zero-order chi connectivity index (χ0) is 13.0. The van der Waals surface area contributed by atoms with Gasteiger partial charge >= 0.3 is 0 Å². The lowest BCUT2D eigenvalue weighted by Crippen LogP contribution is -2.30. The number of rotatable bonds is 4. The molecule has 0 aliphatic heterocycles. The highest BCUT2D eigenvalue weighted by Crippen LogP contribution is 2.15. The van der Waals surface area contributed by atoms with Crippen molar-refractivity contribution < 1.29 is 9.90 Å². The van der Waals surface area contributed by atoms with Crippen molar-refractivity contribution in [3.05, 3.63) is 46.5 Å². The summed E-state index contributed by atoms with van der Waals surface area (Å²) in [7, 11) is 0. The van der Waals surface area contributed by atoms with E-state index in [9.17, 15) is 9.90 Å². The molecule has 1 amide bonds. The summed E-state index contributed by atoms with van der Waals surface area (Å²) in [5.74, 6) is -0.259. The predicted molar refractivity (Wildman–Crippen MR) is 68.4 cm³/mol. The lowest BCUT2D eigenvalue weighted by Gasteiger charge is -2.16. The summed E-state index contributed by atoms with van der Waals surface area (Å²) in [6, 6.07) is 8.92. The molecular formula is C12H13N3O2S. The van der Waals surface area contributed by atoms with Crippen LogP contribution in [0, 0.1) is 6.92 Å². The van der Waals surface area contributed by atoms with Gasteiger partial charge in [-0.05, 0) is 24.0 Å². The smallest absolute Gasteiger partial charge is 0.265 e. The molecule has 2 rings (SSSR count). The number of amides is 1. The zero-order valence-electron chi connectivity index (χ0n) is 9.83. The van der Waals surface area contributed by atoms with E-state index in [4.69, 9.17) is 0 Å². The van der Waals surface area contributed by atoms with Gasteiger partial charge in [-0.25, -0.2) is 0 Å². The van der Waals surface area contributed by atoms with Crippen LogP contribution in [-0.2, 0) is 0 Å². The molecule has 1 heterocycles. The van der Waals surface area contributed by atoms with Crippen molar-refractivity contribution in [2.75, 3.05) is 6.61 Å². The van der Waals surface area contributed by atoms with E-state index >= 15 is 0 Å². The van der Waals surface area contributed by atoms with E-state index in [1.165, 1.54) is 0 Å². The monoisotopic (exact) mass is 263 g/mol. The van der Waals surface area contributed by atoms with Crippen molar-refractivity contribution >= 4 is 17.4 Å². The summed E-state index contributed by atoms with van der Waals surface area (Å²) in [5.41, 5.74) is 1.46. The highest BCUT2D eigenvalue weighted by molar-refractivity contribution is 7.08. The first-order chi connectivity index (χ1) is 8.72. The molecule has 2 N–H and O–H groups in total. The Morgan fingerprint density at radius 1 is 1.44 bits per heavy atom. The number of carbonyl (C=O) groups is 1. The molecule has 1 atom stereocenters. The number of nitrogens with one attached hydrogen (secondary N) is 1. The third-order valence-corrected chi connectivity index (χ3v) is 3.37. The van der Waals surface area contributed by atoms with Gasteiger partial charge in [0.05, 0.1) is 18.3 Å². The highest BCUT2D eigenvalue weighted by Gasteiger charge is 2.18. The summed E-state index contributed by atoms with van der Waals surface area (Å²) >= 11 is 1.05. The van der Waals surface area contributed by atoms with Crippen LogP contribution in [-0.4, -0.2) is 27.2 Å². The molecule has 1 aromatic carbocycles. The first-order valence-electron chi connectivity index (χ1n) is 5.48. The van der Waals surface area contributed by atoms with E-state index in [0.29, 0.717) is 10.6 Å². The fraction of sp³-hybridized carbons (Fsp3) is 0.250. The van der Waals surface area contributed by atoms with E-state index in [0.717, 1.165) is 17.1 Å². The van der Waals surface area contributed by atoms with Crippen molar-refractivity contribution in [2.24, 2.45) is 0 Å². The molecule has 2 aromatic rings. The van der Waals surface area contributed by atoms with Gasteiger partial charge in [0, 0.05) is 0 Å². The minimum absolute atomic E-state index is 0.152. The molecule has 0 saturated heterocycles. The van der Waals surface area contributed by atoms with Crippen LogP contribution in [0.25, 0.3) is 0 Å². The Balaban J connectivity index is 2.13. The van der Waals surface area contributed by atoms with Crippen LogP contribution >= 0.6 is 11.5 Å². The molecule has 0 fully saturated rings. The van der Waals surface area contributed by atoms with Crippen molar-refractivity contribution in [3.63, 3.8) is 0 Å². The molecule has 6 heteroatoms. The molecule has 18 heavy (non-hydrogen) atoms. The van der Waals surface area contributed by atoms with Gasteiger partial charge in [-0.1, -0.05) is 34.8 Å². The van der Waals surface area contributed by atoms with Crippen molar-refractivity contribution in [2.45, 2.75) is 13.0 Å². The number of hydrogen-bond donors (Lipinski definition) is 2. The highest BCUT2D eigenvalue weighted by atomic mass is 32.1. The summed E-state index contributed by atoms with van der Waals surface area (Å²) in [4.78, 5) is 12.5. The Morgan fingerprint density at radius 3 is 2.72 bits per heavy atom. The van der Waals surface area contributed by atoms with Gasteiger partial charge in [0.15, 0.2) is 0 Å². The molecular weight excluding hydrogens is 250 g/mol. The number of hydrogen-bond acceptors (Lipinski definition) is 5. The van der Waals surface area contributed by atoms with Gasteiger partial charge in [0.25, 0.3) is 5.91 Å². The van der Waals surface area contributed by atoms with Crippen LogP contribution in [0.4, 0.5) is 0 Å². The minimum atomic E-state index is -0.416. The van der Waals surface area contributed by atoms with E-state index in [2.05, 4.69) is 14.9 Å². The number of carbonyl (C=O) groups excluding carboxylic acids is 1. The Kier molecular flexibility index (Phi) is 4.01. The van der Waals surface area contributed by atoms with E-state index < -0.39 is 6.04 Å². The Labute approximate surface area is 109 Å². The second kappa shape index (κ2) is 5.70. The number of nitrogens with zero attached hydrogens (tertiary/aromatic N) is 2. The third-order valence-electron chi connectivity index (χ3n) is 2.55. The largest absolute Gasteiger partial charge is 0.394 e. The van der Waals surface area contributed by atoms with E-state index in [1.807, 2.05) is 30.3 Å². The average Bonchev–Trinajstić information content (AvgIpc) is 2.83. The molecule has 0 radical (unpaired) electrons. The molecule has 0 bridgehead atoms. The second-order valence-electron chi connectivity index (χ2n) is 3.81. The zero-order valence-corrected chi connectivity index (χ0v) is 10.6. The Hall–Kier alpha value is -1.79. The van der Waals surface area contributed by atoms with Crippen molar-refractivity contribution in [1.29, 1.82) is 0 Å². The number of aliphatic hydroxyl groups excluding tert-OH is 1. The number of aromatic nitrogens is 2. The van der Waals surface area contributed by atoms with Crippen LogP contribution in [0.5, 0.6) is 0 Å². The fourth-order valence-electron chi connectivity index (χ4n) is 1.58. The SMILES string of the molecule is Cc1nnsc1C(=O)N[C@@H](CO)c1ccccc1. The molecule has 0 spiro atoms. The predicted octanol–water partition coefficient (Wildman–Crippen LogP) is 1.31. The van der Waals surface area contributed by atoms with Crippen LogP contribution in [0.15, 0.2) is 30.3 Å². The Bertz CT molecular complexity index is 527. The van der Waals surface area contributed by atoms with Gasteiger partial charge in [-0.2, -0.15) is 0 Å². The fourth-order valence-corrected chi connectivity index (χ4v) is 2.14. The van der Waals surface area contributed by atoms with Gasteiger partial charge in [-0.15, -0.1) is 5.10 Å². The lowest BCUT2D eigenvalue weighted by atomic mass is 10.1. The molecule has 1 aromatic heterocycles. The van der Waals surface area contributed by atoms with Gasteiger partial charge in [0.2, 0.25) is 0 Å². The van der Waals surface area contributed by atoms with Crippen molar-refractivity contribution in [1.82, 2.24) is 14.9 Å². The molecule has 94 valence electrons. The minimum Gasteiger partial charge on any atom is -0.394 e. The maximum atomic E-state index is 12.0. The summed E-state index contributed by atoms with van der Waals surface area (Å²) in [6.45, 7) is 1.58. The van der Waals surface area contributed by atoms with Gasteiger partial charge in [-0.3, -0.25) is 4.79 Å². The maximum absolute atomic E-state index is 12.0. The summed E-state index contributed by atoms with van der Waals surface area (Å²) < 4.78 is 3.72. The van der Waals surface area contributed by atoms with Crippen molar-refractivity contribution in [3.8, 4) is 0 Å². The first-order valence-corrected chi connectivity index (χ1v) is 6.25. The number of benzene rings is 1. The van der Waals surface area contributed by atoms with Crippen LogP contribution in [0.3, 0.4) is 0 Å². The van der Waals surface area contributed by atoms with E-state index in [1.54, 1.807) is 6.92 Å². The second-order valence-corrected chi connectivity index (χ2v) is 4.56. The quantitative estimate of drug-likeness (QED) is 0.872. The number of aryl methyl sites for hydroxylation is 1. The maximum Gasteiger partial charge on any atom is 0.265 e. The lowest BCUT2D eigenvalue weighted by molar-refractivity contribution is 0.0919. The van der Waals surface area contributed by atoms with Gasteiger partial charge in [0.1, 0.15) is 4.88 Å². The summed E-state index contributed by atoms with van der Waals surface area (Å²) in [6.07, 6.45) is 0. The third kappa shape index (κ3) is 2.72. The van der Waals surface area contributed by atoms with Crippen LogP contribution < -0.4 is 5.32 Å². The molecule has 0 unspecified atom stereocenters.